The molecular formula is C14H20N4. The van der Waals surface area contributed by atoms with Gasteiger partial charge in [-0.15, -0.1) is 0 Å². The number of rotatable bonds is 3. The van der Waals surface area contributed by atoms with Crippen LogP contribution in [0, 0.1) is 20.8 Å². The Morgan fingerprint density at radius 3 is 2.22 bits per heavy atom. The third-order valence-electron chi connectivity index (χ3n) is 3.11. The van der Waals surface area contributed by atoms with Crippen LogP contribution in [0.4, 0.5) is 0 Å². The Bertz CT molecular complexity index is 537. The zero-order valence-corrected chi connectivity index (χ0v) is 11.4. The van der Waals surface area contributed by atoms with Gasteiger partial charge in [0.1, 0.15) is 0 Å². The lowest BCUT2D eigenvalue weighted by Gasteiger charge is -2.17. The normalized spacial score (nSPS) is 12.7. The van der Waals surface area contributed by atoms with Gasteiger partial charge in [-0.25, -0.2) is 5.43 Å². The van der Waals surface area contributed by atoms with Crippen LogP contribution in [-0.4, -0.2) is 9.78 Å². The van der Waals surface area contributed by atoms with Crippen LogP contribution < -0.4 is 11.3 Å². The second kappa shape index (κ2) is 4.92. The molecule has 1 aromatic heterocycles. The van der Waals surface area contributed by atoms with Crippen molar-refractivity contribution in [1.82, 2.24) is 15.2 Å². The van der Waals surface area contributed by atoms with Crippen LogP contribution in [0.2, 0.25) is 0 Å². The van der Waals surface area contributed by atoms with Gasteiger partial charge >= 0.3 is 0 Å². The van der Waals surface area contributed by atoms with E-state index in [-0.39, 0.29) is 6.04 Å². The summed E-state index contributed by atoms with van der Waals surface area (Å²) >= 11 is 0. The molecule has 4 heteroatoms. The quantitative estimate of drug-likeness (QED) is 0.640. The molecule has 4 nitrogen and oxygen atoms in total. The van der Waals surface area contributed by atoms with E-state index in [0.717, 1.165) is 11.3 Å². The first kappa shape index (κ1) is 12.8. The first-order chi connectivity index (χ1) is 8.51. The van der Waals surface area contributed by atoms with E-state index in [2.05, 4.69) is 42.6 Å². The lowest BCUT2D eigenvalue weighted by Crippen LogP contribution is -2.29. The molecule has 0 bridgehead atoms. The van der Waals surface area contributed by atoms with Crippen molar-refractivity contribution >= 4 is 0 Å². The Labute approximate surface area is 108 Å². The summed E-state index contributed by atoms with van der Waals surface area (Å²) < 4.78 is 1.82. The number of nitrogens with zero attached hydrogens (tertiary/aromatic N) is 2. The summed E-state index contributed by atoms with van der Waals surface area (Å²) in [6.07, 6.45) is 2.01. The van der Waals surface area contributed by atoms with Crippen LogP contribution in [0.5, 0.6) is 0 Å². The molecule has 1 aromatic carbocycles. The van der Waals surface area contributed by atoms with Crippen LogP contribution in [0.25, 0.3) is 0 Å². The smallest absolute Gasteiger partial charge is 0.0743 e. The molecule has 3 N–H and O–H groups in total. The predicted octanol–water partition coefficient (Wildman–Crippen LogP) is 1.90. The second-order valence-electron chi connectivity index (χ2n) is 4.86. The SMILES string of the molecule is Cc1cc(C)cc(C(NN)c2cn(C)nc2C)c1. The summed E-state index contributed by atoms with van der Waals surface area (Å²) in [7, 11) is 1.92. The Morgan fingerprint density at radius 1 is 1.17 bits per heavy atom. The average molecular weight is 244 g/mol. The van der Waals surface area contributed by atoms with Gasteiger partial charge in [0, 0.05) is 18.8 Å². The van der Waals surface area contributed by atoms with Crippen molar-refractivity contribution in [3.8, 4) is 0 Å². The van der Waals surface area contributed by atoms with Crippen LogP contribution >= 0.6 is 0 Å². The number of hydrogen-bond acceptors (Lipinski definition) is 3. The van der Waals surface area contributed by atoms with E-state index in [1.807, 2.05) is 24.9 Å². The van der Waals surface area contributed by atoms with Crippen LogP contribution in [0.1, 0.15) is 34.0 Å². The molecule has 1 unspecified atom stereocenters. The Morgan fingerprint density at radius 2 is 1.78 bits per heavy atom. The molecule has 0 aliphatic carbocycles. The molecule has 0 aliphatic heterocycles. The van der Waals surface area contributed by atoms with Crippen molar-refractivity contribution in [2.75, 3.05) is 0 Å². The first-order valence-electron chi connectivity index (χ1n) is 6.05. The number of aromatic nitrogens is 2. The number of hydrogen-bond donors (Lipinski definition) is 2. The minimum atomic E-state index is -0.0164. The van der Waals surface area contributed by atoms with E-state index < -0.39 is 0 Å². The van der Waals surface area contributed by atoms with Crippen LogP contribution in [0.3, 0.4) is 0 Å². The molecule has 1 heterocycles. The maximum Gasteiger partial charge on any atom is 0.0743 e. The maximum atomic E-state index is 5.73. The Hall–Kier alpha value is -1.65. The van der Waals surface area contributed by atoms with Gasteiger partial charge < -0.3 is 0 Å². The molecule has 2 rings (SSSR count). The number of nitrogens with two attached hydrogens (primary N) is 1. The van der Waals surface area contributed by atoms with Gasteiger partial charge in [0.15, 0.2) is 0 Å². The highest BCUT2D eigenvalue weighted by atomic mass is 15.3. The number of hydrazine groups is 1. The van der Waals surface area contributed by atoms with E-state index in [1.165, 1.54) is 16.7 Å². The summed E-state index contributed by atoms with van der Waals surface area (Å²) in [6, 6.07) is 6.46. The average Bonchev–Trinajstić information content (AvgIpc) is 2.58. The molecule has 0 amide bonds. The summed E-state index contributed by atoms with van der Waals surface area (Å²) in [4.78, 5) is 0. The minimum Gasteiger partial charge on any atom is -0.275 e. The lowest BCUT2D eigenvalue weighted by atomic mass is 9.96. The fourth-order valence-corrected chi connectivity index (χ4v) is 2.44. The molecule has 0 saturated carbocycles. The summed E-state index contributed by atoms with van der Waals surface area (Å²) in [6.45, 7) is 6.20. The molecule has 0 spiro atoms. The third kappa shape index (κ3) is 2.44. The number of nitrogens with one attached hydrogen (secondary N) is 1. The summed E-state index contributed by atoms with van der Waals surface area (Å²) in [5.74, 6) is 5.73. The zero-order chi connectivity index (χ0) is 13.3. The highest BCUT2D eigenvalue weighted by Crippen LogP contribution is 2.25. The van der Waals surface area contributed by atoms with Crippen LogP contribution in [0.15, 0.2) is 24.4 Å². The molecule has 0 radical (unpaired) electrons. The highest BCUT2D eigenvalue weighted by molar-refractivity contribution is 5.37. The van der Waals surface area contributed by atoms with E-state index in [4.69, 9.17) is 5.84 Å². The fraction of sp³-hybridized carbons (Fsp3) is 0.357. The van der Waals surface area contributed by atoms with E-state index in [0.29, 0.717) is 0 Å². The molecule has 0 fully saturated rings. The first-order valence-corrected chi connectivity index (χ1v) is 6.05. The fourth-order valence-electron chi connectivity index (χ4n) is 2.44. The van der Waals surface area contributed by atoms with Crippen molar-refractivity contribution in [3.63, 3.8) is 0 Å². The topological polar surface area (TPSA) is 55.9 Å². The maximum absolute atomic E-state index is 5.73. The van der Waals surface area contributed by atoms with Crippen molar-refractivity contribution in [1.29, 1.82) is 0 Å². The molecule has 96 valence electrons. The van der Waals surface area contributed by atoms with Crippen molar-refractivity contribution in [2.24, 2.45) is 12.9 Å². The molecule has 0 saturated heterocycles. The zero-order valence-electron chi connectivity index (χ0n) is 11.4. The largest absolute Gasteiger partial charge is 0.275 e. The van der Waals surface area contributed by atoms with Gasteiger partial charge in [0.2, 0.25) is 0 Å². The Kier molecular flexibility index (Phi) is 3.50. The van der Waals surface area contributed by atoms with Gasteiger partial charge in [-0.1, -0.05) is 29.3 Å². The Balaban J connectivity index is 2.48. The van der Waals surface area contributed by atoms with Crippen molar-refractivity contribution in [2.45, 2.75) is 26.8 Å². The molecule has 1 atom stereocenters. The van der Waals surface area contributed by atoms with Gasteiger partial charge in [0.25, 0.3) is 0 Å². The standard InChI is InChI=1S/C14H20N4/c1-9-5-10(2)7-12(6-9)14(16-15)13-8-18(4)17-11(13)3/h5-8,14,16H,15H2,1-4H3. The highest BCUT2D eigenvalue weighted by Gasteiger charge is 2.17. The summed E-state index contributed by atoms with van der Waals surface area (Å²) in [5, 5.41) is 4.37. The lowest BCUT2D eigenvalue weighted by molar-refractivity contribution is 0.632. The predicted molar refractivity (Wildman–Crippen MR) is 73.0 cm³/mol. The van der Waals surface area contributed by atoms with Gasteiger partial charge in [0.05, 0.1) is 11.7 Å². The van der Waals surface area contributed by atoms with Crippen molar-refractivity contribution in [3.05, 3.63) is 52.3 Å². The van der Waals surface area contributed by atoms with Crippen molar-refractivity contribution < 1.29 is 0 Å². The monoisotopic (exact) mass is 244 g/mol. The minimum absolute atomic E-state index is 0.0164. The molecular weight excluding hydrogens is 224 g/mol. The van der Waals surface area contributed by atoms with Gasteiger partial charge in [-0.2, -0.15) is 5.10 Å². The number of benzene rings is 1. The van der Waals surface area contributed by atoms with Gasteiger partial charge in [-0.05, 0) is 26.3 Å². The summed E-state index contributed by atoms with van der Waals surface area (Å²) in [5.41, 5.74) is 8.66. The third-order valence-corrected chi connectivity index (χ3v) is 3.11. The molecule has 0 aliphatic rings. The number of aryl methyl sites for hydroxylation is 4. The van der Waals surface area contributed by atoms with Gasteiger partial charge in [-0.3, -0.25) is 10.5 Å². The van der Waals surface area contributed by atoms with E-state index in [1.54, 1.807) is 0 Å². The van der Waals surface area contributed by atoms with Crippen LogP contribution in [-0.2, 0) is 7.05 Å². The van der Waals surface area contributed by atoms with E-state index >= 15 is 0 Å². The molecule has 2 aromatic rings. The molecule has 18 heavy (non-hydrogen) atoms. The second-order valence-corrected chi connectivity index (χ2v) is 4.86. The van der Waals surface area contributed by atoms with E-state index in [9.17, 15) is 0 Å².